The lowest BCUT2D eigenvalue weighted by molar-refractivity contribution is -0.264. The number of alkyl halides is 1. The molecule has 0 amide bonds. The number of hydrogen-bond acceptors (Lipinski definition) is 8. The topological polar surface area (TPSA) is 105 Å². The van der Waals surface area contributed by atoms with E-state index in [9.17, 15) is 5.11 Å². The highest BCUT2D eigenvalue weighted by atomic mass is 35.5. The third-order valence-electron chi connectivity index (χ3n) is 10.4. The highest BCUT2D eigenvalue weighted by Gasteiger charge is 2.81. The van der Waals surface area contributed by atoms with Gasteiger partial charge in [-0.2, -0.15) is 0 Å². The molecule has 2 spiro atoms. The van der Waals surface area contributed by atoms with Gasteiger partial charge in [0.05, 0.1) is 11.0 Å². The molecule has 3 N–H and O–H groups in total. The maximum absolute atomic E-state index is 12.0. The molecule has 6 aliphatic rings. The molecule has 0 bridgehead atoms. The van der Waals surface area contributed by atoms with E-state index in [1.54, 1.807) is 0 Å². The molecule has 194 valence electrons. The first-order valence-corrected chi connectivity index (χ1v) is 13.2. The highest BCUT2D eigenvalue weighted by Crippen LogP contribution is 2.74. The monoisotopic (exact) mass is 508 g/mol. The molecule has 2 saturated heterocycles. The Labute approximate surface area is 211 Å². The minimum Gasteiger partial charge on any atom is -0.394 e. The number of rotatable bonds is 3. The largest absolute Gasteiger partial charge is 0.394 e. The van der Waals surface area contributed by atoms with Crippen molar-refractivity contribution >= 4 is 17.3 Å². The van der Waals surface area contributed by atoms with Crippen LogP contribution in [0.5, 0.6) is 0 Å². The Morgan fingerprint density at radius 2 is 2.03 bits per heavy atom. The van der Waals surface area contributed by atoms with Crippen LogP contribution in [0, 0.1) is 28.6 Å². The Bertz CT molecular complexity index is 975. The van der Waals surface area contributed by atoms with Crippen molar-refractivity contribution in [3.8, 4) is 0 Å². The Morgan fingerprint density at radius 1 is 1.23 bits per heavy atom. The van der Waals surface area contributed by atoms with Gasteiger partial charge in [-0.05, 0) is 55.6 Å². The van der Waals surface area contributed by atoms with Gasteiger partial charge in [-0.25, -0.2) is 0 Å². The number of nitrogens with two attached hydrogens (primary N) is 1. The van der Waals surface area contributed by atoms with Gasteiger partial charge in [-0.15, -0.1) is 11.6 Å². The van der Waals surface area contributed by atoms with Crippen LogP contribution >= 0.6 is 11.6 Å². The zero-order valence-electron chi connectivity index (χ0n) is 20.8. The molecule has 1 unspecified atom stereocenters. The van der Waals surface area contributed by atoms with Crippen LogP contribution in [0.3, 0.4) is 0 Å². The van der Waals surface area contributed by atoms with E-state index in [0.717, 1.165) is 25.0 Å². The number of oxime groups is 1. The molecule has 0 aromatic rings. The molecule has 0 aromatic carbocycles. The first-order chi connectivity index (χ1) is 16.7. The lowest BCUT2D eigenvalue weighted by Crippen LogP contribution is -2.71. The van der Waals surface area contributed by atoms with Crippen LogP contribution < -0.4 is 5.73 Å². The fourth-order valence-electron chi connectivity index (χ4n) is 8.98. The summed E-state index contributed by atoms with van der Waals surface area (Å²) in [6, 6.07) is 0. The Kier molecular flexibility index (Phi) is 5.56. The lowest BCUT2D eigenvalue weighted by atomic mass is 9.45. The summed E-state index contributed by atoms with van der Waals surface area (Å²) >= 11 is 7.68. The van der Waals surface area contributed by atoms with Gasteiger partial charge < -0.3 is 34.6 Å². The van der Waals surface area contributed by atoms with E-state index in [1.807, 2.05) is 6.08 Å². The van der Waals surface area contributed by atoms with Crippen molar-refractivity contribution < 1.29 is 28.9 Å². The zero-order valence-corrected chi connectivity index (χ0v) is 21.6. The molecule has 0 aromatic heterocycles. The van der Waals surface area contributed by atoms with E-state index in [4.69, 9.17) is 41.1 Å². The van der Waals surface area contributed by atoms with Crippen LogP contribution in [-0.4, -0.2) is 66.5 Å². The molecular weight excluding hydrogens is 472 g/mol. The fourth-order valence-corrected chi connectivity index (χ4v) is 9.50. The standard InChI is InChI=1S/C26H37ClN2O6/c1-16-10-20-19-5-4-17-11-18(29-35-9-8-28)6-7-22(17,2)25(19,27)21(30)12-23(20,3)26(16)24(33-15-34-26)13-31-14-32-24/h6-7,11,16,19-21,30H,4-5,8-10,12-15,28H2,1-3H3/b29-18+/t16-,19+,20+,21+,22+,23+,24?,25+,26-/m1/s1. The van der Waals surface area contributed by atoms with Crippen molar-refractivity contribution in [2.75, 3.05) is 33.3 Å². The summed E-state index contributed by atoms with van der Waals surface area (Å²) in [6.07, 6.45) is 8.63. The van der Waals surface area contributed by atoms with Gasteiger partial charge in [-0.1, -0.05) is 37.6 Å². The van der Waals surface area contributed by atoms with Gasteiger partial charge in [0.2, 0.25) is 5.79 Å². The average Bonchev–Trinajstić information content (AvgIpc) is 3.51. The van der Waals surface area contributed by atoms with Crippen molar-refractivity contribution in [1.29, 1.82) is 0 Å². The van der Waals surface area contributed by atoms with Crippen molar-refractivity contribution in [3.05, 3.63) is 23.8 Å². The van der Waals surface area contributed by atoms with Crippen molar-refractivity contribution in [2.45, 2.75) is 68.8 Å². The maximum Gasteiger partial charge on any atom is 0.227 e. The van der Waals surface area contributed by atoms with Crippen molar-refractivity contribution in [3.63, 3.8) is 0 Å². The van der Waals surface area contributed by atoms with Gasteiger partial charge in [0.15, 0.2) is 13.6 Å². The summed E-state index contributed by atoms with van der Waals surface area (Å²) in [4.78, 5) is 4.47. The van der Waals surface area contributed by atoms with Crippen LogP contribution in [0.15, 0.2) is 29.0 Å². The highest BCUT2D eigenvalue weighted by molar-refractivity contribution is 6.26. The van der Waals surface area contributed by atoms with E-state index in [2.05, 4.69) is 38.1 Å². The van der Waals surface area contributed by atoms with E-state index >= 15 is 0 Å². The zero-order chi connectivity index (χ0) is 24.7. The van der Waals surface area contributed by atoms with Crippen LogP contribution in [0.25, 0.3) is 0 Å². The molecule has 0 radical (unpaired) electrons. The van der Waals surface area contributed by atoms with Crippen LogP contribution in [0.2, 0.25) is 0 Å². The minimum atomic E-state index is -0.939. The number of halogens is 1. The van der Waals surface area contributed by atoms with Gasteiger partial charge in [0, 0.05) is 17.4 Å². The van der Waals surface area contributed by atoms with E-state index in [1.165, 1.54) is 5.57 Å². The molecule has 9 atom stereocenters. The second-order valence-electron chi connectivity index (χ2n) is 11.6. The molecule has 9 heteroatoms. The third-order valence-corrected chi connectivity index (χ3v) is 11.3. The molecule has 5 fully saturated rings. The third kappa shape index (κ3) is 2.82. The smallest absolute Gasteiger partial charge is 0.227 e. The summed E-state index contributed by atoms with van der Waals surface area (Å²) in [6.45, 7) is 8.14. The first kappa shape index (κ1) is 24.3. The SMILES string of the molecule is C[C@@H]1C[C@H]2[C@@H]3CCC4=C/C(=N/OCCN)C=C[C@]4(C)[C@@]3(Cl)[C@@H](O)C[C@]2(C)[C@]12OCOC21COCO1. The number of allylic oxidation sites excluding steroid dienone is 4. The average molecular weight is 509 g/mol. The van der Waals surface area contributed by atoms with Crippen LogP contribution in [0.1, 0.15) is 46.5 Å². The van der Waals surface area contributed by atoms with Crippen LogP contribution in [-0.2, 0) is 23.8 Å². The lowest BCUT2D eigenvalue weighted by Gasteiger charge is -2.64. The Hall–Kier alpha value is -1.00. The van der Waals surface area contributed by atoms with Gasteiger partial charge >= 0.3 is 0 Å². The van der Waals surface area contributed by atoms with E-state index in [-0.39, 0.29) is 36.8 Å². The number of aliphatic hydroxyl groups excluding tert-OH is 1. The number of fused-ring (bicyclic) bond motifs is 7. The molecule has 3 saturated carbocycles. The second kappa shape index (κ2) is 8.00. The second-order valence-corrected chi connectivity index (χ2v) is 12.3. The normalized spacial score (nSPS) is 53.7. The predicted molar refractivity (Wildman–Crippen MR) is 129 cm³/mol. The number of nitrogens with zero attached hydrogens (tertiary/aromatic N) is 1. The molecule has 2 aliphatic heterocycles. The van der Waals surface area contributed by atoms with Gasteiger partial charge in [0.25, 0.3) is 0 Å². The van der Waals surface area contributed by atoms with E-state index < -0.39 is 27.8 Å². The molecule has 8 nitrogen and oxygen atoms in total. The van der Waals surface area contributed by atoms with Crippen molar-refractivity contribution in [2.24, 2.45) is 39.5 Å². The molecule has 6 rings (SSSR count). The number of hydrogen-bond donors (Lipinski definition) is 2. The summed E-state index contributed by atoms with van der Waals surface area (Å²) in [7, 11) is 0. The Balaban J connectivity index is 1.39. The number of aliphatic hydroxyl groups is 1. The maximum atomic E-state index is 12.0. The minimum absolute atomic E-state index is 0.0992. The van der Waals surface area contributed by atoms with Crippen LogP contribution in [0.4, 0.5) is 0 Å². The summed E-state index contributed by atoms with van der Waals surface area (Å²) in [5, 5.41) is 16.2. The summed E-state index contributed by atoms with van der Waals surface area (Å²) < 4.78 is 24.5. The summed E-state index contributed by atoms with van der Waals surface area (Å²) in [5.41, 5.74) is 5.89. The predicted octanol–water partition coefficient (Wildman–Crippen LogP) is 3.08. The number of ether oxygens (including phenoxy) is 4. The Morgan fingerprint density at radius 3 is 2.77 bits per heavy atom. The van der Waals surface area contributed by atoms with Gasteiger partial charge in [-0.3, -0.25) is 0 Å². The van der Waals surface area contributed by atoms with Crippen molar-refractivity contribution in [1.82, 2.24) is 0 Å². The summed E-state index contributed by atoms with van der Waals surface area (Å²) in [5.74, 6) is -0.429. The van der Waals surface area contributed by atoms with E-state index in [0.29, 0.717) is 26.2 Å². The van der Waals surface area contributed by atoms with Gasteiger partial charge in [0.1, 0.15) is 24.5 Å². The molecule has 4 aliphatic carbocycles. The quantitative estimate of drug-likeness (QED) is 0.343. The fraction of sp³-hybridized carbons (Fsp3) is 0.808. The first-order valence-electron chi connectivity index (χ1n) is 12.9. The molecule has 2 heterocycles. The molecular formula is C26H37ClN2O6. The molecule has 35 heavy (non-hydrogen) atoms.